The third-order valence-electron chi connectivity index (χ3n) is 4.83. The van der Waals surface area contributed by atoms with Crippen LogP contribution in [0.25, 0.3) is 0 Å². The van der Waals surface area contributed by atoms with Crippen LogP contribution in [0, 0.1) is 23.6 Å². The topological polar surface area (TPSA) is 12.0 Å². The van der Waals surface area contributed by atoms with Crippen molar-refractivity contribution in [1.82, 2.24) is 5.32 Å². The minimum Gasteiger partial charge on any atom is -0.310 e. The van der Waals surface area contributed by atoms with Gasteiger partial charge in [-0.05, 0) is 49.3 Å². The summed E-state index contributed by atoms with van der Waals surface area (Å²) in [5, 5.41) is 3.97. The minimum atomic E-state index is -0.165. The molecule has 0 radical (unpaired) electrons. The van der Waals surface area contributed by atoms with Crippen molar-refractivity contribution in [3.63, 3.8) is 0 Å². The zero-order chi connectivity index (χ0) is 13.4. The molecule has 0 spiro atoms. The Morgan fingerprint density at radius 1 is 1.32 bits per heavy atom. The van der Waals surface area contributed by atoms with Crippen molar-refractivity contribution in [3.8, 4) is 0 Å². The lowest BCUT2D eigenvalue weighted by molar-refractivity contribution is 0.437. The molecule has 2 saturated carbocycles. The molecule has 1 aromatic rings. The van der Waals surface area contributed by atoms with Crippen molar-refractivity contribution >= 4 is 11.6 Å². The Morgan fingerprint density at radius 2 is 2.00 bits per heavy atom. The van der Waals surface area contributed by atoms with E-state index >= 15 is 0 Å². The molecule has 1 aromatic carbocycles. The first-order valence-corrected chi connectivity index (χ1v) is 7.78. The second-order valence-electron chi connectivity index (χ2n) is 5.89. The molecule has 2 aliphatic rings. The number of nitrogens with one attached hydrogen (secondary N) is 1. The largest absolute Gasteiger partial charge is 0.310 e. The first-order chi connectivity index (χ1) is 9.22. The molecule has 3 rings (SSSR count). The standard InChI is InChI=1S/C16H21ClFN/c1-2-19-16(13-8-7-10(17)9-14(13)18)15-11-5-3-4-6-12(11)15/h7-9,11-12,15-16,19H,2-6H2,1H3. The van der Waals surface area contributed by atoms with Gasteiger partial charge in [-0.2, -0.15) is 0 Å². The predicted molar refractivity (Wildman–Crippen MR) is 76.8 cm³/mol. The molecule has 0 bridgehead atoms. The van der Waals surface area contributed by atoms with Gasteiger partial charge in [0.05, 0.1) is 0 Å². The molecule has 0 aliphatic heterocycles. The third kappa shape index (κ3) is 2.53. The summed E-state index contributed by atoms with van der Waals surface area (Å²) in [5.74, 6) is 2.08. The quantitative estimate of drug-likeness (QED) is 0.853. The molecular weight excluding hydrogens is 261 g/mol. The van der Waals surface area contributed by atoms with E-state index in [0.717, 1.165) is 23.9 Å². The molecule has 0 saturated heterocycles. The number of hydrogen-bond acceptors (Lipinski definition) is 1. The third-order valence-corrected chi connectivity index (χ3v) is 5.06. The monoisotopic (exact) mass is 281 g/mol. The van der Waals surface area contributed by atoms with Gasteiger partial charge in [0.2, 0.25) is 0 Å². The average molecular weight is 282 g/mol. The zero-order valence-corrected chi connectivity index (χ0v) is 12.1. The summed E-state index contributed by atoms with van der Waals surface area (Å²) in [6.45, 7) is 2.97. The van der Waals surface area contributed by atoms with Gasteiger partial charge in [-0.3, -0.25) is 0 Å². The van der Waals surface area contributed by atoms with Crippen LogP contribution < -0.4 is 5.32 Å². The smallest absolute Gasteiger partial charge is 0.129 e. The Kier molecular flexibility index (Phi) is 3.81. The minimum absolute atomic E-state index is 0.162. The Hall–Kier alpha value is -0.600. The first-order valence-electron chi connectivity index (χ1n) is 7.40. The van der Waals surface area contributed by atoms with Gasteiger partial charge in [0.1, 0.15) is 5.82 Å². The Labute approximate surface area is 119 Å². The molecule has 3 atom stereocenters. The summed E-state index contributed by atoms with van der Waals surface area (Å²) in [4.78, 5) is 0. The first kappa shape index (κ1) is 13.4. The van der Waals surface area contributed by atoms with Crippen molar-refractivity contribution in [2.24, 2.45) is 17.8 Å². The van der Waals surface area contributed by atoms with Gasteiger partial charge >= 0.3 is 0 Å². The number of fused-ring (bicyclic) bond motifs is 1. The number of halogens is 2. The van der Waals surface area contributed by atoms with Gasteiger partial charge in [0, 0.05) is 16.6 Å². The maximum atomic E-state index is 14.2. The van der Waals surface area contributed by atoms with Crippen LogP contribution in [0.1, 0.15) is 44.2 Å². The van der Waals surface area contributed by atoms with Crippen LogP contribution in [-0.2, 0) is 0 Å². The van der Waals surface area contributed by atoms with Gasteiger partial charge in [-0.25, -0.2) is 4.39 Å². The number of rotatable bonds is 4. The lowest BCUT2D eigenvalue weighted by atomic mass is 9.99. The Balaban J connectivity index is 1.84. The van der Waals surface area contributed by atoms with E-state index in [2.05, 4.69) is 12.2 Å². The zero-order valence-electron chi connectivity index (χ0n) is 11.3. The van der Waals surface area contributed by atoms with E-state index in [1.807, 2.05) is 6.07 Å². The van der Waals surface area contributed by atoms with E-state index in [-0.39, 0.29) is 11.9 Å². The van der Waals surface area contributed by atoms with Crippen molar-refractivity contribution in [2.45, 2.75) is 38.6 Å². The highest BCUT2D eigenvalue weighted by Crippen LogP contribution is 2.60. The Morgan fingerprint density at radius 3 is 2.58 bits per heavy atom. The predicted octanol–water partition coefficient (Wildman–Crippen LogP) is 4.57. The van der Waals surface area contributed by atoms with Crippen molar-refractivity contribution in [1.29, 1.82) is 0 Å². The van der Waals surface area contributed by atoms with Crippen molar-refractivity contribution in [2.75, 3.05) is 6.54 Å². The van der Waals surface area contributed by atoms with Crippen LogP contribution in [0.15, 0.2) is 18.2 Å². The molecule has 0 heterocycles. The molecule has 1 N–H and O–H groups in total. The lowest BCUT2D eigenvalue weighted by Crippen LogP contribution is -2.24. The molecular formula is C16H21ClFN. The van der Waals surface area contributed by atoms with Crippen molar-refractivity contribution in [3.05, 3.63) is 34.6 Å². The van der Waals surface area contributed by atoms with Crippen LogP contribution in [-0.4, -0.2) is 6.54 Å². The number of benzene rings is 1. The normalized spacial score (nSPS) is 30.8. The van der Waals surface area contributed by atoms with E-state index in [1.165, 1.54) is 31.7 Å². The molecule has 3 unspecified atom stereocenters. The molecule has 104 valence electrons. The summed E-state index contributed by atoms with van der Waals surface area (Å²) in [6.07, 6.45) is 5.35. The second kappa shape index (κ2) is 5.41. The fourth-order valence-electron chi connectivity index (χ4n) is 3.97. The van der Waals surface area contributed by atoms with Gasteiger partial charge in [-0.1, -0.05) is 37.4 Å². The van der Waals surface area contributed by atoms with E-state index in [1.54, 1.807) is 6.07 Å². The van der Waals surface area contributed by atoms with E-state index in [0.29, 0.717) is 10.9 Å². The van der Waals surface area contributed by atoms with E-state index in [4.69, 9.17) is 11.6 Å². The average Bonchev–Trinajstić information content (AvgIpc) is 3.11. The maximum Gasteiger partial charge on any atom is 0.129 e. The van der Waals surface area contributed by atoms with Gasteiger partial charge in [0.25, 0.3) is 0 Å². The van der Waals surface area contributed by atoms with Gasteiger partial charge in [-0.15, -0.1) is 0 Å². The summed E-state index contributed by atoms with van der Waals surface area (Å²) in [7, 11) is 0. The van der Waals surface area contributed by atoms with Gasteiger partial charge in [0.15, 0.2) is 0 Å². The van der Waals surface area contributed by atoms with Crippen LogP contribution in [0.5, 0.6) is 0 Å². The van der Waals surface area contributed by atoms with Crippen LogP contribution >= 0.6 is 11.6 Å². The molecule has 2 aliphatic carbocycles. The Bertz CT molecular complexity index is 450. The highest BCUT2D eigenvalue weighted by molar-refractivity contribution is 6.30. The molecule has 0 amide bonds. The lowest BCUT2D eigenvalue weighted by Gasteiger charge is -2.19. The van der Waals surface area contributed by atoms with Crippen molar-refractivity contribution < 1.29 is 4.39 Å². The molecule has 0 aromatic heterocycles. The fourth-order valence-corrected chi connectivity index (χ4v) is 4.13. The highest BCUT2D eigenvalue weighted by Gasteiger charge is 2.54. The van der Waals surface area contributed by atoms with E-state index < -0.39 is 0 Å². The van der Waals surface area contributed by atoms with Crippen LogP contribution in [0.4, 0.5) is 4.39 Å². The second-order valence-corrected chi connectivity index (χ2v) is 6.33. The van der Waals surface area contributed by atoms with Crippen LogP contribution in [0.3, 0.4) is 0 Å². The fraction of sp³-hybridized carbons (Fsp3) is 0.625. The molecule has 2 fully saturated rings. The van der Waals surface area contributed by atoms with Gasteiger partial charge < -0.3 is 5.32 Å². The molecule has 19 heavy (non-hydrogen) atoms. The molecule has 3 heteroatoms. The van der Waals surface area contributed by atoms with Crippen LogP contribution in [0.2, 0.25) is 5.02 Å². The van der Waals surface area contributed by atoms with E-state index in [9.17, 15) is 4.39 Å². The molecule has 1 nitrogen and oxygen atoms in total. The maximum absolute atomic E-state index is 14.2. The summed E-state index contributed by atoms with van der Waals surface area (Å²) in [5.41, 5.74) is 0.797. The highest BCUT2D eigenvalue weighted by atomic mass is 35.5. The number of hydrogen-bond donors (Lipinski definition) is 1. The summed E-state index contributed by atoms with van der Waals surface area (Å²) < 4.78 is 14.2. The summed E-state index contributed by atoms with van der Waals surface area (Å²) in [6, 6.07) is 5.26. The SMILES string of the molecule is CCNC(c1ccc(Cl)cc1F)C1C2CCCCC21. The summed E-state index contributed by atoms with van der Waals surface area (Å²) >= 11 is 5.86.